The quantitative estimate of drug-likeness (QED) is 0.847. The summed E-state index contributed by atoms with van der Waals surface area (Å²) in [5.74, 6) is -0.529. The van der Waals surface area contributed by atoms with Gasteiger partial charge in [0.05, 0.1) is 24.5 Å². The van der Waals surface area contributed by atoms with E-state index >= 15 is 0 Å². The Morgan fingerprint density at radius 3 is 2.47 bits per heavy atom. The average molecular weight is 285 g/mol. The fourth-order valence-electron chi connectivity index (χ4n) is 2.04. The molecule has 0 radical (unpaired) electrons. The summed E-state index contributed by atoms with van der Waals surface area (Å²) >= 11 is 0. The summed E-state index contributed by atoms with van der Waals surface area (Å²) in [7, 11) is -2.03. The third-order valence-corrected chi connectivity index (χ3v) is 3.80. The molecular weight excluding hydrogens is 270 g/mol. The molecule has 0 atom stereocenters. The second-order valence-electron chi connectivity index (χ2n) is 4.68. The van der Waals surface area contributed by atoms with Gasteiger partial charge in [-0.25, -0.2) is 8.42 Å². The fraction of sp³-hybridized carbons (Fsp3) is 0.417. The van der Waals surface area contributed by atoms with Crippen molar-refractivity contribution in [1.82, 2.24) is 0 Å². The van der Waals surface area contributed by atoms with Crippen molar-refractivity contribution in [3.63, 3.8) is 0 Å². The molecule has 2 N–H and O–H groups in total. The Hall–Kier alpha value is -1.76. The van der Waals surface area contributed by atoms with Crippen molar-refractivity contribution in [3.05, 3.63) is 23.8 Å². The molecule has 1 fully saturated rings. The van der Waals surface area contributed by atoms with Crippen molar-refractivity contribution < 1.29 is 23.1 Å². The smallest absolute Gasteiger partial charge is 0.314 e. The third-order valence-electron chi connectivity index (χ3n) is 3.21. The highest BCUT2D eigenvalue weighted by Crippen LogP contribution is 2.49. The van der Waals surface area contributed by atoms with E-state index in [1.54, 1.807) is 12.1 Å². The highest BCUT2D eigenvalue weighted by Gasteiger charge is 2.51. The number of nitrogens with one attached hydrogen (secondary N) is 1. The van der Waals surface area contributed by atoms with E-state index in [-0.39, 0.29) is 5.69 Å². The van der Waals surface area contributed by atoms with Gasteiger partial charge in [0.2, 0.25) is 10.0 Å². The molecule has 0 amide bonds. The lowest BCUT2D eigenvalue weighted by molar-refractivity contribution is -0.140. The van der Waals surface area contributed by atoms with Crippen molar-refractivity contribution in [1.29, 1.82) is 0 Å². The maximum atomic E-state index is 11.3. The molecule has 0 aromatic heterocycles. The molecule has 0 bridgehead atoms. The molecule has 7 heteroatoms. The lowest BCUT2D eigenvalue weighted by Crippen LogP contribution is -2.20. The molecule has 6 nitrogen and oxygen atoms in total. The van der Waals surface area contributed by atoms with Gasteiger partial charge in [-0.05, 0) is 30.5 Å². The minimum atomic E-state index is -3.45. The summed E-state index contributed by atoms with van der Waals surface area (Å²) in [4.78, 5) is 11.3. The number of sulfonamides is 1. The van der Waals surface area contributed by atoms with Crippen molar-refractivity contribution >= 4 is 21.7 Å². The topological polar surface area (TPSA) is 92.7 Å². The molecule has 104 valence electrons. The SMILES string of the molecule is COc1ccc(C2(C(=O)O)CC2)cc1NS(C)(=O)=O. The standard InChI is InChI=1S/C12H15NO5S/c1-18-10-4-3-8(12(5-6-12)11(14)15)7-9(10)13-19(2,16)17/h3-4,7,13H,5-6H2,1-2H3,(H,14,15). The Bertz CT molecular complexity index is 619. The van der Waals surface area contributed by atoms with Gasteiger partial charge < -0.3 is 9.84 Å². The second-order valence-corrected chi connectivity index (χ2v) is 6.43. The van der Waals surface area contributed by atoms with Crippen LogP contribution in [0.2, 0.25) is 0 Å². The third kappa shape index (κ3) is 2.65. The maximum Gasteiger partial charge on any atom is 0.314 e. The first-order chi connectivity index (χ1) is 8.78. The lowest BCUT2D eigenvalue weighted by Gasteiger charge is -2.15. The zero-order valence-corrected chi connectivity index (χ0v) is 11.5. The van der Waals surface area contributed by atoms with Gasteiger partial charge in [-0.1, -0.05) is 6.07 Å². The van der Waals surface area contributed by atoms with Crippen LogP contribution in [0.4, 0.5) is 5.69 Å². The Labute approximate surface area is 111 Å². The molecule has 1 aliphatic rings. The van der Waals surface area contributed by atoms with Gasteiger partial charge in [0.15, 0.2) is 0 Å². The molecule has 0 unspecified atom stereocenters. The first-order valence-electron chi connectivity index (χ1n) is 5.68. The molecule has 0 spiro atoms. The number of benzene rings is 1. The van der Waals surface area contributed by atoms with Gasteiger partial charge >= 0.3 is 5.97 Å². The Balaban J connectivity index is 2.45. The van der Waals surface area contributed by atoms with Crippen molar-refractivity contribution in [2.75, 3.05) is 18.1 Å². The molecule has 2 rings (SSSR count). The van der Waals surface area contributed by atoms with Crippen LogP contribution in [0.25, 0.3) is 0 Å². The number of hydrogen-bond donors (Lipinski definition) is 2. The number of carboxylic acid groups (broad SMARTS) is 1. The van der Waals surface area contributed by atoms with E-state index in [0.717, 1.165) is 6.26 Å². The van der Waals surface area contributed by atoms with Crippen molar-refractivity contribution in [2.45, 2.75) is 18.3 Å². The van der Waals surface area contributed by atoms with Crippen LogP contribution >= 0.6 is 0 Å². The minimum absolute atomic E-state index is 0.259. The van der Waals surface area contributed by atoms with Crippen LogP contribution in [-0.2, 0) is 20.2 Å². The van der Waals surface area contributed by atoms with E-state index in [1.165, 1.54) is 13.2 Å². The Morgan fingerprint density at radius 1 is 1.42 bits per heavy atom. The molecule has 1 saturated carbocycles. The summed E-state index contributed by atoms with van der Waals surface area (Å²) < 4.78 is 30.0. The van der Waals surface area contributed by atoms with Crippen LogP contribution in [-0.4, -0.2) is 32.9 Å². The van der Waals surface area contributed by atoms with Gasteiger partial charge in [0.25, 0.3) is 0 Å². The van der Waals surface area contributed by atoms with Gasteiger partial charge in [-0.15, -0.1) is 0 Å². The average Bonchev–Trinajstić information content (AvgIpc) is 3.07. The summed E-state index contributed by atoms with van der Waals surface area (Å²) in [5, 5.41) is 9.24. The minimum Gasteiger partial charge on any atom is -0.495 e. The first kappa shape index (κ1) is 13.7. The largest absolute Gasteiger partial charge is 0.495 e. The van der Waals surface area contributed by atoms with E-state index in [2.05, 4.69) is 4.72 Å². The van der Waals surface area contributed by atoms with Gasteiger partial charge in [0, 0.05) is 0 Å². The molecule has 1 aromatic carbocycles. The van der Waals surface area contributed by atoms with Gasteiger partial charge in [-0.2, -0.15) is 0 Å². The molecule has 0 aliphatic heterocycles. The van der Waals surface area contributed by atoms with Crippen molar-refractivity contribution in [3.8, 4) is 5.75 Å². The van der Waals surface area contributed by atoms with Gasteiger partial charge in [0.1, 0.15) is 5.75 Å². The van der Waals surface area contributed by atoms with Crippen LogP contribution in [0.3, 0.4) is 0 Å². The zero-order chi connectivity index (χ0) is 14.3. The monoisotopic (exact) mass is 285 g/mol. The number of methoxy groups -OCH3 is 1. The zero-order valence-electron chi connectivity index (χ0n) is 10.6. The van der Waals surface area contributed by atoms with Crippen LogP contribution in [0.15, 0.2) is 18.2 Å². The van der Waals surface area contributed by atoms with Crippen LogP contribution in [0.1, 0.15) is 18.4 Å². The summed E-state index contributed by atoms with van der Waals surface area (Å²) in [6.45, 7) is 0. The lowest BCUT2D eigenvalue weighted by atomic mass is 9.95. The van der Waals surface area contributed by atoms with Crippen LogP contribution in [0, 0.1) is 0 Å². The molecule has 1 aliphatic carbocycles. The van der Waals surface area contributed by atoms with Gasteiger partial charge in [-0.3, -0.25) is 9.52 Å². The predicted molar refractivity (Wildman–Crippen MR) is 70.0 cm³/mol. The Kier molecular flexibility index (Phi) is 3.17. The fourth-order valence-corrected chi connectivity index (χ4v) is 2.60. The number of ether oxygens (including phenoxy) is 1. The second kappa shape index (κ2) is 4.41. The summed E-state index contributed by atoms with van der Waals surface area (Å²) in [6, 6.07) is 4.76. The molecule has 1 aromatic rings. The number of carbonyl (C=O) groups is 1. The molecule has 0 heterocycles. The number of anilines is 1. The maximum absolute atomic E-state index is 11.3. The van der Waals surface area contributed by atoms with E-state index in [0.29, 0.717) is 24.2 Å². The Morgan fingerprint density at radius 2 is 2.05 bits per heavy atom. The van der Waals surface area contributed by atoms with E-state index < -0.39 is 21.4 Å². The summed E-state index contributed by atoms with van der Waals surface area (Å²) in [6.07, 6.45) is 2.16. The molecule has 19 heavy (non-hydrogen) atoms. The highest BCUT2D eigenvalue weighted by molar-refractivity contribution is 7.92. The number of carboxylic acids is 1. The number of rotatable bonds is 5. The number of hydrogen-bond acceptors (Lipinski definition) is 4. The van der Waals surface area contributed by atoms with Crippen molar-refractivity contribution in [2.24, 2.45) is 0 Å². The molecular formula is C12H15NO5S. The van der Waals surface area contributed by atoms with E-state index in [9.17, 15) is 18.3 Å². The first-order valence-corrected chi connectivity index (χ1v) is 7.57. The summed E-state index contributed by atoms with van der Waals surface area (Å²) in [5.41, 5.74) is -0.0257. The molecule has 0 saturated heterocycles. The normalized spacial score (nSPS) is 16.7. The predicted octanol–water partition coefficient (Wildman–Crippen LogP) is 1.18. The van der Waals surface area contributed by atoms with E-state index in [4.69, 9.17) is 4.74 Å². The number of aliphatic carboxylic acids is 1. The highest BCUT2D eigenvalue weighted by atomic mass is 32.2. The van der Waals surface area contributed by atoms with Crippen LogP contribution < -0.4 is 9.46 Å². The van der Waals surface area contributed by atoms with Crippen LogP contribution in [0.5, 0.6) is 5.75 Å². The van der Waals surface area contributed by atoms with E-state index in [1.807, 2.05) is 0 Å².